The van der Waals surface area contributed by atoms with Gasteiger partial charge in [0, 0.05) is 30.5 Å². The first-order chi connectivity index (χ1) is 18.6. The van der Waals surface area contributed by atoms with Gasteiger partial charge in [-0.05, 0) is 69.4 Å². The van der Waals surface area contributed by atoms with Crippen LogP contribution in [0.3, 0.4) is 0 Å². The molecule has 0 spiro atoms. The van der Waals surface area contributed by atoms with Crippen molar-refractivity contribution in [3.05, 3.63) is 48.8 Å². The molecule has 6 rings (SSSR count). The van der Waals surface area contributed by atoms with Crippen molar-refractivity contribution < 1.29 is 9.53 Å². The molecule has 2 fully saturated rings. The fourth-order valence-electron chi connectivity index (χ4n) is 4.86. The summed E-state index contributed by atoms with van der Waals surface area (Å²) in [6, 6.07) is 11.0. The third kappa shape index (κ3) is 5.13. The van der Waals surface area contributed by atoms with E-state index in [1.807, 2.05) is 28.9 Å². The molecule has 0 bridgehead atoms. The fraction of sp³-hybridized carbons (Fsp3) is 0.385. The summed E-state index contributed by atoms with van der Waals surface area (Å²) in [5.74, 6) is 1.38. The molecule has 2 aliphatic rings. The smallest absolute Gasteiger partial charge is 0.323 e. The van der Waals surface area contributed by atoms with Gasteiger partial charge in [0.15, 0.2) is 22.8 Å². The molecule has 0 saturated carbocycles. The van der Waals surface area contributed by atoms with Crippen LogP contribution in [0, 0.1) is 0 Å². The second kappa shape index (κ2) is 10.7. The molecule has 2 N–H and O–H groups in total. The lowest BCUT2D eigenvalue weighted by Gasteiger charge is -2.29. The number of hydrogen-bond donors (Lipinski definition) is 2. The Bertz CT molecular complexity index is 1400. The van der Waals surface area contributed by atoms with Gasteiger partial charge in [-0.1, -0.05) is 5.21 Å². The predicted octanol–water partition coefficient (Wildman–Crippen LogP) is 3.03. The number of nitrogens with one attached hydrogen (secondary N) is 2. The third-order valence-electron chi connectivity index (χ3n) is 6.97. The zero-order chi connectivity index (χ0) is 25.9. The van der Waals surface area contributed by atoms with Gasteiger partial charge in [-0.15, -0.1) is 5.10 Å². The monoisotopic (exact) mass is 514 g/mol. The lowest BCUT2D eigenvalue weighted by Crippen LogP contribution is -2.37. The highest BCUT2D eigenvalue weighted by molar-refractivity contribution is 5.99. The molecule has 2 amide bonds. The number of aromatic nitrogens is 6. The van der Waals surface area contributed by atoms with E-state index in [-0.39, 0.29) is 12.1 Å². The second-order valence-electron chi connectivity index (χ2n) is 9.61. The standard InChI is InChI=1S/C26H30N10O2/c1-34-11-8-21(9-12-34)36-25-22(32-33-36)24(35-13-15-38-16-14-35)30-23(31-25)18-4-6-19(7-5-18)28-26(37)29-20-3-2-10-27-17-20/h2-7,10,17,21H,8-9,11-16H2,1H3,(H2,28,29,37). The summed E-state index contributed by atoms with van der Waals surface area (Å²) in [6.45, 7) is 4.80. The summed E-state index contributed by atoms with van der Waals surface area (Å²) in [7, 11) is 2.15. The lowest BCUT2D eigenvalue weighted by molar-refractivity contribution is 0.122. The topological polar surface area (TPSA) is 126 Å². The third-order valence-corrected chi connectivity index (χ3v) is 6.97. The molecule has 1 aromatic carbocycles. The maximum absolute atomic E-state index is 12.4. The van der Waals surface area contributed by atoms with E-state index in [1.54, 1.807) is 24.5 Å². The quantitative estimate of drug-likeness (QED) is 0.413. The van der Waals surface area contributed by atoms with E-state index in [9.17, 15) is 4.79 Å². The minimum atomic E-state index is -0.342. The molecule has 0 atom stereocenters. The number of carbonyl (C=O) groups is 1. The number of anilines is 3. The molecule has 5 heterocycles. The summed E-state index contributed by atoms with van der Waals surface area (Å²) in [6.07, 6.45) is 5.25. The Morgan fingerprint density at radius 2 is 1.74 bits per heavy atom. The largest absolute Gasteiger partial charge is 0.378 e. The molecule has 0 radical (unpaired) electrons. The van der Waals surface area contributed by atoms with E-state index in [4.69, 9.17) is 14.7 Å². The van der Waals surface area contributed by atoms with E-state index < -0.39 is 0 Å². The number of morpholine rings is 1. The average Bonchev–Trinajstić information content (AvgIpc) is 3.38. The van der Waals surface area contributed by atoms with Crippen LogP contribution >= 0.6 is 0 Å². The number of fused-ring (bicyclic) bond motifs is 1. The Balaban J connectivity index is 1.29. The number of hydrogen-bond acceptors (Lipinski definition) is 9. The van der Waals surface area contributed by atoms with E-state index in [2.05, 4.69) is 42.8 Å². The average molecular weight is 515 g/mol. The van der Waals surface area contributed by atoms with E-state index in [0.29, 0.717) is 30.4 Å². The van der Waals surface area contributed by atoms with Crippen molar-refractivity contribution in [3.63, 3.8) is 0 Å². The van der Waals surface area contributed by atoms with Gasteiger partial charge < -0.3 is 25.2 Å². The van der Waals surface area contributed by atoms with Crippen LogP contribution < -0.4 is 15.5 Å². The van der Waals surface area contributed by atoms with Gasteiger partial charge in [-0.2, -0.15) is 0 Å². The molecule has 2 saturated heterocycles. The zero-order valence-corrected chi connectivity index (χ0v) is 21.2. The summed E-state index contributed by atoms with van der Waals surface area (Å²) in [4.78, 5) is 30.8. The SMILES string of the molecule is CN1CCC(n2nnc3c(N4CCOCC4)nc(-c4ccc(NC(=O)Nc5cccnc5)cc4)nc32)CC1. The number of nitrogens with zero attached hydrogens (tertiary/aromatic N) is 8. The van der Waals surface area contributed by atoms with Crippen molar-refractivity contribution in [2.75, 3.05) is 62.0 Å². The number of benzene rings is 1. The van der Waals surface area contributed by atoms with Crippen molar-refractivity contribution in [3.8, 4) is 11.4 Å². The van der Waals surface area contributed by atoms with Crippen molar-refractivity contribution in [1.29, 1.82) is 0 Å². The van der Waals surface area contributed by atoms with Crippen LogP contribution in [0.25, 0.3) is 22.6 Å². The van der Waals surface area contributed by atoms with Crippen LogP contribution in [0.4, 0.5) is 22.0 Å². The number of likely N-dealkylation sites (tertiary alicyclic amines) is 1. The number of ether oxygens (including phenoxy) is 1. The first-order valence-corrected chi connectivity index (χ1v) is 12.9. The molecule has 3 aromatic heterocycles. The first kappa shape index (κ1) is 24.2. The van der Waals surface area contributed by atoms with Crippen molar-refractivity contribution >= 4 is 34.4 Å². The maximum atomic E-state index is 12.4. The summed E-state index contributed by atoms with van der Waals surface area (Å²) in [5, 5.41) is 14.7. The minimum absolute atomic E-state index is 0.251. The van der Waals surface area contributed by atoms with Crippen molar-refractivity contribution in [1.82, 2.24) is 34.8 Å². The molecule has 0 unspecified atom stereocenters. The van der Waals surface area contributed by atoms with Crippen molar-refractivity contribution in [2.45, 2.75) is 18.9 Å². The number of carbonyl (C=O) groups excluding carboxylic acids is 1. The van der Waals surface area contributed by atoms with Crippen LogP contribution in [0.1, 0.15) is 18.9 Å². The van der Waals surface area contributed by atoms with Crippen molar-refractivity contribution in [2.24, 2.45) is 0 Å². The fourth-order valence-corrected chi connectivity index (χ4v) is 4.86. The number of rotatable bonds is 5. The van der Waals surface area contributed by atoms with Crippen LogP contribution in [-0.2, 0) is 4.74 Å². The molecular formula is C26H30N10O2. The van der Waals surface area contributed by atoms with Crippen LogP contribution in [0.15, 0.2) is 48.8 Å². The number of amides is 2. The summed E-state index contributed by atoms with van der Waals surface area (Å²) < 4.78 is 7.55. The molecule has 12 nitrogen and oxygen atoms in total. The molecule has 196 valence electrons. The van der Waals surface area contributed by atoms with Gasteiger partial charge in [0.25, 0.3) is 0 Å². The Hall–Kier alpha value is -4.16. The Kier molecular flexibility index (Phi) is 6.80. The molecular weight excluding hydrogens is 484 g/mol. The highest BCUT2D eigenvalue weighted by Crippen LogP contribution is 2.31. The number of pyridine rings is 1. The molecule has 4 aromatic rings. The van der Waals surface area contributed by atoms with Crippen LogP contribution in [0.5, 0.6) is 0 Å². The molecule has 2 aliphatic heterocycles. The molecule has 0 aliphatic carbocycles. The highest BCUT2D eigenvalue weighted by atomic mass is 16.5. The van der Waals surface area contributed by atoms with Gasteiger partial charge in [0.2, 0.25) is 0 Å². The Morgan fingerprint density at radius 1 is 0.974 bits per heavy atom. The number of urea groups is 1. The van der Waals surface area contributed by atoms with Gasteiger partial charge >= 0.3 is 6.03 Å². The van der Waals surface area contributed by atoms with Crippen LogP contribution in [0.2, 0.25) is 0 Å². The highest BCUT2D eigenvalue weighted by Gasteiger charge is 2.26. The maximum Gasteiger partial charge on any atom is 0.323 e. The predicted molar refractivity (Wildman–Crippen MR) is 144 cm³/mol. The summed E-state index contributed by atoms with van der Waals surface area (Å²) >= 11 is 0. The molecule has 38 heavy (non-hydrogen) atoms. The van der Waals surface area contributed by atoms with E-state index in [1.165, 1.54) is 0 Å². The minimum Gasteiger partial charge on any atom is -0.378 e. The van der Waals surface area contributed by atoms with Gasteiger partial charge in [-0.3, -0.25) is 4.98 Å². The van der Waals surface area contributed by atoms with E-state index >= 15 is 0 Å². The first-order valence-electron chi connectivity index (χ1n) is 12.9. The molecule has 12 heteroatoms. The summed E-state index contributed by atoms with van der Waals surface area (Å²) in [5.41, 5.74) is 3.59. The van der Waals surface area contributed by atoms with Gasteiger partial charge in [0.1, 0.15) is 0 Å². The van der Waals surface area contributed by atoms with E-state index in [0.717, 1.165) is 61.6 Å². The number of piperidine rings is 1. The Morgan fingerprint density at radius 3 is 2.47 bits per heavy atom. The lowest BCUT2D eigenvalue weighted by atomic mass is 10.1. The normalized spacial score (nSPS) is 17.0. The second-order valence-corrected chi connectivity index (χ2v) is 9.61. The zero-order valence-electron chi connectivity index (χ0n) is 21.2. The van der Waals surface area contributed by atoms with Gasteiger partial charge in [0.05, 0.1) is 31.1 Å². The Labute approximate surface area is 220 Å². The van der Waals surface area contributed by atoms with Gasteiger partial charge in [-0.25, -0.2) is 19.4 Å². The van der Waals surface area contributed by atoms with Crippen LogP contribution in [-0.4, -0.2) is 87.3 Å².